The van der Waals surface area contributed by atoms with E-state index in [0.29, 0.717) is 32.5 Å². The van der Waals surface area contributed by atoms with Crippen LogP contribution in [0.2, 0.25) is 0 Å². The molecule has 144 valence electrons. The maximum absolute atomic E-state index is 12.2. The van der Waals surface area contributed by atoms with E-state index in [1.807, 2.05) is 4.90 Å². The number of methoxy groups -OCH3 is 1. The van der Waals surface area contributed by atoms with Gasteiger partial charge in [0.2, 0.25) is 11.8 Å². The van der Waals surface area contributed by atoms with E-state index in [1.54, 1.807) is 14.0 Å². The molecule has 7 heteroatoms. The van der Waals surface area contributed by atoms with Crippen molar-refractivity contribution in [2.24, 2.45) is 0 Å². The van der Waals surface area contributed by atoms with Gasteiger partial charge in [-0.3, -0.25) is 9.59 Å². The number of aliphatic hydroxyl groups is 1. The molecule has 2 heterocycles. The van der Waals surface area contributed by atoms with Crippen LogP contribution in [0.4, 0.5) is 0 Å². The second-order valence-corrected chi connectivity index (χ2v) is 7.45. The zero-order valence-electron chi connectivity index (χ0n) is 15.6. The Balaban J connectivity index is 1.78. The standard InChI is InChI=1S/C18H33N3O4/c1-15(22)19-16-4-10-20(11-5-16)14-18(24)7-3-9-21(12-8-18)17(23)6-13-25-2/h16,24H,3-14H2,1-2H3,(H,19,22)/t18-/m0/s1. The van der Waals surface area contributed by atoms with Gasteiger partial charge in [0.25, 0.3) is 0 Å². The molecule has 0 spiro atoms. The van der Waals surface area contributed by atoms with E-state index < -0.39 is 5.60 Å². The molecule has 0 aromatic carbocycles. The molecule has 25 heavy (non-hydrogen) atoms. The largest absolute Gasteiger partial charge is 0.388 e. The van der Waals surface area contributed by atoms with E-state index in [0.717, 1.165) is 45.3 Å². The van der Waals surface area contributed by atoms with Crippen LogP contribution in [0.3, 0.4) is 0 Å². The van der Waals surface area contributed by atoms with Crippen molar-refractivity contribution in [3.8, 4) is 0 Å². The fraction of sp³-hybridized carbons (Fsp3) is 0.889. The van der Waals surface area contributed by atoms with E-state index >= 15 is 0 Å². The topological polar surface area (TPSA) is 82.1 Å². The second-order valence-electron chi connectivity index (χ2n) is 7.45. The summed E-state index contributed by atoms with van der Waals surface area (Å²) in [6.07, 6.45) is 4.45. The number of hydrogen-bond acceptors (Lipinski definition) is 5. The summed E-state index contributed by atoms with van der Waals surface area (Å²) in [7, 11) is 1.60. The molecule has 0 radical (unpaired) electrons. The fourth-order valence-electron chi connectivity index (χ4n) is 3.87. The first-order chi connectivity index (χ1) is 11.9. The maximum atomic E-state index is 12.2. The quantitative estimate of drug-likeness (QED) is 0.719. The molecule has 0 aromatic rings. The molecule has 0 aliphatic carbocycles. The number of likely N-dealkylation sites (tertiary alicyclic amines) is 2. The van der Waals surface area contributed by atoms with Crippen LogP contribution < -0.4 is 5.32 Å². The van der Waals surface area contributed by atoms with Gasteiger partial charge in [0, 0.05) is 52.8 Å². The lowest BCUT2D eigenvalue weighted by Gasteiger charge is -2.38. The summed E-state index contributed by atoms with van der Waals surface area (Å²) in [4.78, 5) is 27.5. The van der Waals surface area contributed by atoms with Gasteiger partial charge in [0.1, 0.15) is 0 Å². The van der Waals surface area contributed by atoms with Gasteiger partial charge in [-0.25, -0.2) is 0 Å². The van der Waals surface area contributed by atoms with Gasteiger partial charge in [-0.05, 0) is 32.1 Å². The number of hydrogen-bond donors (Lipinski definition) is 2. The SMILES string of the molecule is COCCC(=O)N1CCC[C@@](O)(CN2CCC(NC(C)=O)CC2)CC1. The molecule has 1 atom stereocenters. The molecule has 2 aliphatic heterocycles. The predicted octanol–water partition coefficient (Wildman–Crippen LogP) is 0.367. The molecule has 2 N–H and O–H groups in total. The van der Waals surface area contributed by atoms with Crippen LogP contribution in [0, 0.1) is 0 Å². The first kappa shape index (κ1) is 20.1. The Kier molecular flexibility index (Phi) is 7.65. The summed E-state index contributed by atoms with van der Waals surface area (Å²) in [6.45, 7) is 5.77. The van der Waals surface area contributed by atoms with Crippen molar-refractivity contribution in [3.63, 3.8) is 0 Å². The minimum absolute atomic E-state index is 0.0269. The van der Waals surface area contributed by atoms with Crippen LogP contribution in [0.5, 0.6) is 0 Å². The Morgan fingerprint density at radius 2 is 1.92 bits per heavy atom. The summed E-state index contributed by atoms with van der Waals surface area (Å²) >= 11 is 0. The van der Waals surface area contributed by atoms with E-state index in [9.17, 15) is 14.7 Å². The highest BCUT2D eigenvalue weighted by Gasteiger charge is 2.34. The zero-order valence-corrected chi connectivity index (χ0v) is 15.6. The highest BCUT2D eigenvalue weighted by atomic mass is 16.5. The van der Waals surface area contributed by atoms with Crippen molar-refractivity contribution in [1.82, 2.24) is 15.1 Å². The first-order valence-corrected chi connectivity index (χ1v) is 9.40. The number of β-amino-alcohol motifs (C(OH)–C–C–N with tert-alkyl or cyclic N) is 1. The highest BCUT2D eigenvalue weighted by Crippen LogP contribution is 2.25. The smallest absolute Gasteiger partial charge is 0.224 e. The van der Waals surface area contributed by atoms with Crippen molar-refractivity contribution < 1.29 is 19.4 Å². The third kappa shape index (κ3) is 6.56. The Morgan fingerprint density at radius 1 is 1.20 bits per heavy atom. The van der Waals surface area contributed by atoms with Gasteiger partial charge in [0.05, 0.1) is 18.6 Å². The van der Waals surface area contributed by atoms with E-state index in [-0.39, 0.29) is 17.9 Å². The predicted molar refractivity (Wildman–Crippen MR) is 95.2 cm³/mol. The summed E-state index contributed by atoms with van der Waals surface area (Å²) < 4.78 is 4.98. The van der Waals surface area contributed by atoms with Gasteiger partial charge in [-0.15, -0.1) is 0 Å². The number of ether oxygens (including phenoxy) is 1. The zero-order chi connectivity index (χ0) is 18.3. The van der Waals surface area contributed by atoms with E-state index in [4.69, 9.17) is 4.74 Å². The molecular weight excluding hydrogens is 322 g/mol. The normalized spacial score (nSPS) is 26.3. The molecule has 0 bridgehead atoms. The number of nitrogens with zero attached hydrogens (tertiary/aromatic N) is 2. The van der Waals surface area contributed by atoms with Crippen LogP contribution in [-0.4, -0.2) is 84.8 Å². The summed E-state index contributed by atoms with van der Waals surface area (Å²) in [5.41, 5.74) is -0.725. The Bertz CT molecular complexity index is 452. The number of piperidine rings is 1. The van der Waals surface area contributed by atoms with Gasteiger partial charge in [0.15, 0.2) is 0 Å². The Hall–Kier alpha value is -1.18. The number of amides is 2. The molecule has 2 rings (SSSR count). The average molecular weight is 355 g/mol. The molecule has 0 aromatic heterocycles. The summed E-state index contributed by atoms with van der Waals surface area (Å²) in [5.74, 6) is 0.140. The van der Waals surface area contributed by atoms with Crippen LogP contribution in [-0.2, 0) is 14.3 Å². The molecule has 0 saturated carbocycles. The molecule has 2 aliphatic rings. The third-order valence-corrected chi connectivity index (χ3v) is 5.30. The summed E-state index contributed by atoms with van der Waals surface area (Å²) in [6, 6.07) is 0.256. The molecule has 2 amide bonds. The Labute approximate surface area is 150 Å². The van der Waals surface area contributed by atoms with Crippen molar-refractivity contribution >= 4 is 11.8 Å². The van der Waals surface area contributed by atoms with Crippen LogP contribution >= 0.6 is 0 Å². The van der Waals surface area contributed by atoms with Crippen LogP contribution in [0.15, 0.2) is 0 Å². The van der Waals surface area contributed by atoms with Crippen molar-refractivity contribution in [1.29, 1.82) is 0 Å². The number of carbonyl (C=O) groups excluding carboxylic acids is 2. The molecule has 2 fully saturated rings. The van der Waals surface area contributed by atoms with Crippen LogP contribution in [0.25, 0.3) is 0 Å². The first-order valence-electron chi connectivity index (χ1n) is 9.40. The highest BCUT2D eigenvalue weighted by molar-refractivity contribution is 5.76. The van der Waals surface area contributed by atoms with Gasteiger partial charge < -0.3 is 25.0 Å². The van der Waals surface area contributed by atoms with Crippen molar-refractivity contribution in [2.45, 2.75) is 57.1 Å². The second kappa shape index (κ2) is 9.50. The molecular formula is C18H33N3O4. The van der Waals surface area contributed by atoms with Crippen molar-refractivity contribution in [2.75, 3.05) is 46.4 Å². The fourth-order valence-corrected chi connectivity index (χ4v) is 3.87. The third-order valence-electron chi connectivity index (χ3n) is 5.30. The molecule has 7 nitrogen and oxygen atoms in total. The van der Waals surface area contributed by atoms with E-state index in [2.05, 4.69) is 10.2 Å². The number of rotatable bonds is 6. The lowest BCUT2D eigenvalue weighted by molar-refractivity contribution is -0.132. The number of carbonyl (C=O) groups is 2. The average Bonchev–Trinajstić information content (AvgIpc) is 2.76. The van der Waals surface area contributed by atoms with E-state index in [1.165, 1.54) is 0 Å². The van der Waals surface area contributed by atoms with Crippen molar-refractivity contribution in [3.05, 3.63) is 0 Å². The Morgan fingerprint density at radius 3 is 2.56 bits per heavy atom. The lowest BCUT2D eigenvalue weighted by Crippen LogP contribution is -2.50. The van der Waals surface area contributed by atoms with Crippen LogP contribution in [0.1, 0.15) is 45.4 Å². The van der Waals surface area contributed by atoms with Gasteiger partial charge in [-0.1, -0.05) is 0 Å². The lowest BCUT2D eigenvalue weighted by atomic mass is 9.93. The minimum Gasteiger partial charge on any atom is -0.388 e. The van der Waals surface area contributed by atoms with Gasteiger partial charge >= 0.3 is 0 Å². The van der Waals surface area contributed by atoms with Gasteiger partial charge in [-0.2, -0.15) is 0 Å². The monoisotopic (exact) mass is 355 g/mol. The number of nitrogens with one attached hydrogen (secondary N) is 1. The molecule has 2 saturated heterocycles. The minimum atomic E-state index is -0.725. The maximum Gasteiger partial charge on any atom is 0.224 e. The summed E-state index contributed by atoms with van der Waals surface area (Å²) in [5, 5.41) is 14.0. The molecule has 0 unspecified atom stereocenters.